The minimum absolute atomic E-state index is 0.104. The summed E-state index contributed by atoms with van der Waals surface area (Å²) < 4.78 is 26.3. The second-order valence-electron chi connectivity index (χ2n) is 10.1. The van der Waals surface area contributed by atoms with Crippen LogP contribution in [0.3, 0.4) is 0 Å². The van der Waals surface area contributed by atoms with Crippen LogP contribution in [0.5, 0.6) is 11.5 Å². The van der Waals surface area contributed by atoms with Crippen LogP contribution in [0, 0.1) is 0 Å². The van der Waals surface area contributed by atoms with Crippen LogP contribution in [0.1, 0.15) is 97.9 Å². The average molecular weight is 606 g/mol. The first kappa shape index (κ1) is 35.1. The zero-order valence-electron chi connectivity index (χ0n) is 25.6. The Hall–Kier alpha value is -4.13. The van der Waals surface area contributed by atoms with Crippen molar-refractivity contribution < 1.29 is 37.4 Å². The highest BCUT2D eigenvalue weighted by atomic mass is 16.5. The number of nitrogens with one attached hydrogen (secondary N) is 3. The van der Waals surface area contributed by atoms with Gasteiger partial charge in [-0.25, -0.2) is 4.79 Å². The van der Waals surface area contributed by atoms with Crippen LogP contribution in [-0.4, -0.2) is 63.3 Å². The summed E-state index contributed by atoms with van der Waals surface area (Å²) in [7, 11) is 1.13. The zero-order chi connectivity index (χ0) is 31.8. The third-order valence-corrected chi connectivity index (χ3v) is 6.73. The summed E-state index contributed by atoms with van der Waals surface area (Å²) in [6.45, 7) is 9.19. The van der Waals surface area contributed by atoms with Crippen LogP contribution >= 0.6 is 0 Å². The molecule has 0 saturated carbocycles. The number of hydrogen-bond acceptors (Lipinski definition) is 11. The summed E-state index contributed by atoms with van der Waals surface area (Å²) in [4.78, 5) is 62.4. The van der Waals surface area contributed by atoms with Crippen LogP contribution in [0.2, 0.25) is 0 Å². The van der Waals surface area contributed by atoms with E-state index in [1.165, 1.54) is 6.07 Å². The van der Waals surface area contributed by atoms with Gasteiger partial charge in [0.05, 0.1) is 26.6 Å². The highest BCUT2D eigenvalue weighted by Crippen LogP contribution is 2.18. The summed E-state index contributed by atoms with van der Waals surface area (Å²) in [6.07, 6.45) is 5.47. The molecule has 1 unspecified atom stereocenters. The fraction of sp³-hybridized carbons (Fsp3) is 0.567. The molecular formula is C30H43N3O10. The molecule has 2 aromatic heterocycles. The number of amides is 2. The molecule has 0 fully saturated rings. The summed E-state index contributed by atoms with van der Waals surface area (Å²) in [5, 5.41) is 8.81. The number of carbonyl (C=O) groups is 3. The van der Waals surface area contributed by atoms with Crippen molar-refractivity contribution >= 4 is 17.8 Å². The molecule has 2 heterocycles. The van der Waals surface area contributed by atoms with Gasteiger partial charge in [0.25, 0.3) is 11.8 Å². The first-order valence-corrected chi connectivity index (χ1v) is 14.6. The third-order valence-electron chi connectivity index (χ3n) is 6.73. The molecule has 0 aliphatic heterocycles. The van der Waals surface area contributed by atoms with Crippen LogP contribution in [0.15, 0.2) is 36.8 Å². The van der Waals surface area contributed by atoms with Crippen molar-refractivity contribution in [1.82, 2.24) is 16.0 Å². The number of hydrogen-bond donors (Lipinski definition) is 3. The lowest BCUT2D eigenvalue weighted by Crippen LogP contribution is -2.47. The van der Waals surface area contributed by atoms with E-state index in [0.29, 0.717) is 32.4 Å². The summed E-state index contributed by atoms with van der Waals surface area (Å²) >= 11 is 0. The minimum atomic E-state index is -0.895. The molecule has 3 N–H and O–H groups in total. The Morgan fingerprint density at radius 1 is 0.860 bits per heavy atom. The molecule has 2 aromatic rings. The van der Waals surface area contributed by atoms with Gasteiger partial charge in [0.15, 0.2) is 0 Å². The van der Waals surface area contributed by atoms with E-state index in [0.717, 1.165) is 38.7 Å². The van der Waals surface area contributed by atoms with Gasteiger partial charge < -0.3 is 39.0 Å². The van der Waals surface area contributed by atoms with E-state index in [1.54, 1.807) is 0 Å². The molecule has 0 bridgehead atoms. The molecule has 13 heteroatoms. The first-order chi connectivity index (χ1) is 20.6. The van der Waals surface area contributed by atoms with Gasteiger partial charge in [-0.2, -0.15) is 0 Å². The molecular weight excluding hydrogens is 562 g/mol. The fourth-order valence-corrected chi connectivity index (χ4v) is 3.85. The quantitative estimate of drug-likeness (QED) is 0.158. The molecule has 0 saturated heterocycles. The Bertz CT molecular complexity index is 1340. The Kier molecular flexibility index (Phi) is 14.5. The standard InChI is InChI=1S/C30H43N3O10/c1-6-9-16-40-23-20(34)11-18-42-25(23)27(36)31-13-12-30(4,8-3)33-15-14-32-28(37)26-24(41-17-10-7-2)21(35)19-22(43-26)29(38)39-5/h11,18-19,33H,6-10,12-17H2,1-5H3,(H,31,36)(H,32,37). The lowest BCUT2D eigenvalue weighted by atomic mass is 9.94. The lowest BCUT2D eigenvalue weighted by Gasteiger charge is -2.30. The molecule has 0 radical (unpaired) electrons. The zero-order valence-corrected chi connectivity index (χ0v) is 25.6. The van der Waals surface area contributed by atoms with Crippen molar-refractivity contribution in [3.8, 4) is 11.5 Å². The molecule has 1 atom stereocenters. The fourth-order valence-electron chi connectivity index (χ4n) is 3.85. The molecule has 2 amide bonds. The van der Waals surface area contributed by atoms with Crippen LogP contribution in [0.4, 0.5) is 0 Å². The third kappa shape index (κ3) is 10.6. The van der Waals surface area contributed by atoms with Crippen molar-refractivity contribution in [2.75, 3.05) is 40.0 Å². The maximum absolute atomic E-state index is 12.9. The Labute approximate surface area is 250 Å². The second kappa shape index (κ2) is 17.7. The van der Waals surface area contributed by atoms with Crippen LogP contribution < -0.4 is 36.3 Å². The van der Waals surface area contributed by atoms with E-state index in [2.05, 4.69) is 20.7 Å². The molecule has 0 aromatic carbocycles. The van der Waals surface area contributed by atoms with E-state index in [-0.39, 0.29) is 37.0 Å². The normalized spacial score (nSPS) is 12.2. The van der Waals surface area contributed by atoms with E-state index in [4.69, 9.17) is 18.3 Å². The number of rotatable bonds is 19. The summed E-state index contributed by atoms with van der Waals surface area (Å²) in [6, 6.07) is 2.14. The molecule has 0 aliphatic rings. The van der Waals surface area contributed by atoms with E-state index in [1.807, 2.05) is 27.7 Å². The predicted molar refractivity (Wildman–Crippen MR) is 158 cm³/mol. The highest BCUT2D eigenvalue weighted by molar-refractivity contribution is 5.95. The Morgan fingerprint density at radius 2 is 1.47 bits per heavy atom. The molecule has 0 aliphatic carbocycles. The van der Waals surface area contributed by atoms with Gasteiger partial charge >= 0.3 is 5.97 Å². The second-order valence-corrected chi connectivity index (χ2v) is 10.1. The van der Waals surface area contributed by atoms with E-state index >= 15 is 0 Å². The lowest BCUT2D eigenvalue weighted by molar-refractivity contribution is 0.0557. The molecule has 0 spiro atoms. The van der Waals surface area contributed by atoms with Crippen molar-refractivity contribution in [2.45, 2.75) is 71.8 Å². The maximum atomic E-state index is 12.9. The Balaban J connectivity index is 1.96. The van der Waals surface area contributed by atoms with E-state index < -0.39 is 45.7 Å². The summed E-state index contributed by atoms with van der Waals surface area (Å²) in [5.74, 6) is -3.53. The average Bonchev–Trinajstić information content (AvgIpc) is 3.00. The van der Waals surface area contributed by atoms with E-state index in [9.17, 15) is 24.0 Å². The van der Waals surface area contributed by atoms with Crippen LogP contribution in [-0.2, 0) is 4.74 Å². The van der Waals surface area contributed by atoms with Crippen molar-refractivity contribution in [3.63, 3.8) is 0 Å². The number of ether oxygens (including phenoxy) is 3. The monoisotopic (exact) mass is 605 g/mol. The highest BCUT2D eigenvalue weighted by Gasteiger charge is 2.25. The molecule has 13 nitrogen and oxygen atoms in total. The van der Waals surface area contributed by atoms with Gasteiger partial charge in [-0.15, -0.1) is 0 Å². The van der Waals surface area contributed by atoms with Crippen molar-refractivity contribution in [2.24, 2.45) is 0 Å². The first-order valence-electron chi connectivity index (χ1n) is 14.6. The maximum Gasteiger partial charge on any atom is 0.374 e. The SMILES string of the molecule is CCCCOc1c(C(=O)NCCC(C)(CC)NCCNC(=O)c2oc(C(=O)OC)cc(=O)c2OCCCC)occc1=O. The number of unbranched alkanes of at least 4 members (excludes halogenated alkanes) is 2. The smallest absolute Gasteiger partial charge is 0.374 e. The topological polar surface area (TPSA) is 175 Å². The Morgan fingerprint density at radius 3 is 2.07 bits per heavy atom. The minimum Gasteiger partial charge on any atom is -0.486 e. The van der Waals surface area contributed by atoms with Gasteiger partial charge in [0.2, 0.25) is 39.6 Å². The largest absolute Gasteiger partial charge is 0.486 e. The van der Waals surface area contributed by atoms with Gasteiger partial charge in [-0.3, -0.25) is 19.2 Å². The predicted octanol–water partition coefficient (Wildman–Crippen LogP) is 3.05. The van der Waals surface area contributed by atoms with Crippen molar-refractivity contribution in [1.29, 1.82) is 0 Å². The molecule has 43 heavy (non-hydrogen) atoms. The molecule has 2 rings (SSSR count). The van der Waals surface area contributed by atoms with Gasteiger partial charge in [-0.05, 0) is 32.6 Å². The van der Waals surface area contributed by atoms with Gasteiger partial charge in [-0.1, -0.05) is 33.6 Å². The number of methoxy groups -OCH3 is 1. The molecule has 238 valence electrons. The van der Waals surface area contributed by atoms with Gasteiger partial charge in [0, 0.05) is 37.3 Å². The number of esters is 1. The summed E-state index contributed by atoms with van der Waals surface area (Å²) in [5.41, 5.74) is -1.51. The van der Waals surface area contributed by atoms with Gasteiger partial charge in [0.1, 0.15) is 0 Å². The number of carbonyl (C=O) groups excluding carboxylic acids is 3. The van der Waals surface area contributed by atoms with Crippen LogP contribution in [0.25, 0.3) is 0 Å². The van der Waals surface area contributed by atoms with Crippen molar-refractivity contribution in [3.05, 3.63) is 56.1 Å².